The summed E-state index contributed by atoms with van der Waals surface area (Å²) in [5.41, 5.74) is 5.33. The number of aromatic amines is 1. The van der Waals surface area contributed by atoms with Gasteiger partial charge in [0.25, 0.3) is 5.91 Å². The van der Waals surface area contributed by atoms with Crippen LogP contribution in [0, 0.1) is 5.82 Å². The number of amides is 1. The SMILES string of the molecule is O=C(NN=Cc1ccc(F)cc1)c1csc(-c2c[nH]c3ccc(Br)cc23)n1. The van der Waals surface area contributed by atoms with Gasteiger partial charge >= 0.3 is 0 Å². The number of hydrogen-bond acceptors (Lipinski definition) is 4. The molecule has 0 unspecified atom stereocenters. The van der Waals surface area contributed by atoms with E-state index in [1.807, 2.05) is 24.4 Å². The van der Waals surface area contributed by atoms with E-state index >= 15 is 0 Å². The Balaban J connectivity index is 1.50. The van der Waals surface area contributed by atoms with E-state index in [9.17, 15) is 9.18 Å². The Labute approximate surface area is 166 Å². The molecule has 0 aliphatic rings. The van der Waals surface area contributed by atoms with Crippen LogP contribution in [0.2, 0.25) is 0 Å². The second kappa shape index (κ2) is 7.42. The van der Waals surface area contributed by atoms with Crippen molar-refractivity contribution in [2.45, 2.75) is 0 Å². The number of halogens is 2. The molecule has 2 aromatic heterocycles. The van der Waals surface area contributed by atoms with E-state index in [0.29, 0.717) is 5.56 Å². The first-order valence-electron chi connectivity index (χ1n) is 7.92. The van der Waals surface area contributed by atoms with Gasteiger partial charge in [-0.1, -0.05) is 28.1 Å². The molecule has 4 rings (SSSR count). The van der Waals surface area contributed by atoms with Crippen molar-refractivity contribution in [2.24, 2.45) is 5.10 Å². The van der Waals surface area contributed by atoms with Gasteiger partial charge in [-0.3, -0.25) is 4.79 Å². The van der Waals surface area contributed by atoms with Crippen molar-refractivity contribution in [3.63, 3.8) is 0 Å². The molecule has 4 aromatic rings. The molecule has 0 spiro atoms. The molecule has 0 bridgehead atoms. The molecule has 5 nitrogen and oxygen atoms in total. The highest BCUT2D eigenvalue weighted by molar-refractivity contribution is 9.10. The van der Waals surface area contributed by atoms with Gasteiger partial charge in [-0.15, -0.1) is 11.3 Å². The normalized spacial score (nSPS) is 11.3. The fourth-order valence-corrected chi connectivity index (χ4v) is 3.73. The van der Waals surface area contributed by atoms with Crippen molar-refractivity contribution in [1.82, 2.24) is 15.4 Å². The molecular weight excluding hydrogens is 431 g/mol. The molecular formula is C19H12BrFN4OS. The van der Waals surface area contributed by atoms with E-state index in [1.54, 1.807) is 17.5 Å². The topological polar surface area (TPSA) is 70.1 Å². The van der Waals surface area contributed by atoms with Crippen LogP contribution in [0.4, 0.5) is 4.39 Å². The van der Waals surface area contributed by atoms with Gasteiger partial charge in [0.05, 0.1) is 6.21 Å². The van der Waals surface area contributed by atoms with Crippen LogP contribution >= 0.6 is 27.3 Å². The highest BCUT2D eigenvalue weighted by Gasteiger charge is 2.14. The molecule has 0 saturated carbocycles. The quantitative estimate of drug-likeness (QED) is 0.346. The minimum absolute atomic E-state index is 0.288. The summed E-state index contributed by atoms with van der Waals surface area (Å²) >= 11 is 4.86. The molecule has 1 amide bonds. The van der Waals surface area contributed by atoms with Crippen LogP contribution in [-0.4, -0.2) is 22.1 Å². The summed E-state index contributed by atoms with van der Waals surface area (Å²) in [6.45, 7) is 0. The zero-order valence-electron chi connectivity index (χ0n) is 13.7. The van der Waals surface area contributed by atoms with Gasteiger partial charge < -0.3 is 4.98 Å². The zero-order chi connectivity index (χ0) is 18.8. The summed E-state index contributed by atoms with van der Waals surface area (Å²) in [4.78, 5) is 19.9. The minimum Gasteiger partial charge on any atom is -0.360 e. The Morgan fingerprint density at radius 3 is 2.89 bits per heavy atom. The molecule has 0 aliphatic carbocycles. The van der Waals surface area contributed by atoms with Crippen LogP contribution in [0.15, 0.2) is 63.6 Å². The van der Waals surface area contributed by atoms with Gasteiger partial charge in [-0.05, 0) is 35.9 Å². The van der Waals surface area contributed by atoms with Crippen LogP contribution < -0.4 is 5.43 Å². The lowest BCUT2D eigenvalue weighted by Gasteiger charge is -1.97. The fraction of sp³-hybridized carbons (Fsp3) is 0. The summed E-state index contributed by atoms with van der Waals surface area (Å²) in [5, 5.41) is 7.35. The van der Waals surface area contributed by atoms with Crippen LogP contribution in [0.5, 0.6) is 0 Å². The molecule has 8 heteroatoms. The number of H-pyrrole nitrogens is 1. The third kappa shape index (κ3) is 3.81. The Kier molecular flexibility index (Phi) is 4.83. The number of fused-ring (bicyclic) bond motifs is 1. The second-order valence-electron chi connectivity index (χ2n) is 5.68. The molecule has 0 radical (unpaired) electrons. The molecule has 134 valence electrons. The van der Waals surface area contributed by atoms with Crippen molar-refractivity contribution >= 4 is 50.3 Å². The molecule has 2 aromatic carbocycles. The Hall–Kier alpha value is -2.84. The number of carbonyl (C=O) groups is 1. The van der Waals surface area contributed by atoms with E-state index in [4.69, 9.17) is 0 Å². The van der Waals surface area contributed by atoms with Crippen molar-refractivity contribution < 1.29 is 9.18 Å². The van der Waals surface area contributed by atoms with Crippen molar-refractivity contribution in [3.05, 3.63) is 75.6 Å². The average molecular weight is 443 g/mol. The van der Waals surface area contributed by atoms with Crippen LogP contribution in [-0.2, 0) is 0 Å². The predicted molar refractivity (Wildman–Crippen MR) is 109 cm³/mol. The predicted octanol–water partition coefficient (Wildman–Crippen LogP) is 4.96. The van der Waals surface area contributed by atoms with Gasteiger partial charge in [0.1, 0.15) is 16.5 Å². The lowest BCUT2D eigenvalue weighted by atomic mass is 10.2. The molecule has 0 aliphatic heterocycles. The Morgan fingerprint density at radius 2 is 2.07 bits per heavy atom. The van der Waals surface area contributed by atoms with Gasteiger partial charge in [0.2, 0.25) is 0 Å². The number of carbonyl (C=O) groups excluding carboxylic acids is 1. The first-order chi connectivity index (χ1) is 13.1. The summed E-state index contributed by atoms with van der Waals surface area (Å²) in [7, 11) is 0. The Morgan fingerprint density at radius 1 is 1.26 bits per heavy atom. The smallest absolute Gasteiger partial charge is 0.290 e. The Bertz CT molecular complexity index is 1150. The first-order valence-corrected chi connectivity index (χ1v) is 9.59. The fourth-order valence-electron chi connectivity index (χ4n) is 2.54. The number of hydrazone groups is 1. The van der Waals surface area contributed by atoms with Crippen molar-refractivity contribution in [3.8, 4) is 10.6 Å². The highest BCUT2D eigenvalue weighted by Crippen LogP contribution is 2.32. The van der Waals surface area contributed by atoms with Gasteiger partial charge in [0.15, 0.2) is 0 Å². The van der Waals surface area contributed by atoms with Crippen molar-refractivity contribution in [1.29, 1.82) is 0 Å². The number of thiazole rings is 1. The van der Waals surface area contributed by atoms with E-state index in [0.717, 1.165) is 25.9 Å². The maximum Gasteiger partial charge on any atom is 0.290 e. The lowest BCUT2D eigenvalue weighted by Crippen LogP contribution is -2.17. The number of aromatic nitrogens is 2. The second-order valence-corrected chi connectivity index (χ2v) is 7.45. The van der Waals surface area contributed by atoms with Crippen LogP contribution in [0.3, 0.4) is 0 Å². The maximum absolute atomic E-state index is 12.9. The summed E-state index contributed by atoms with van der Waals surface area (Å²) in [6, 6.07) is 11.7. The van der Waals surface area contributed by atoms with Crippen LogP contribution in [0.25, 0.3) is 21.5 Å². The molecule has 0 atom stereocenters. The van der Waals surface area contributed by atoms with E-state index in [1.165, 1.54) is 29.7 Å². The summed E-state index contributed by atoms with van der Waals surface area (Å²) in [5.74, 6) is -0.729. The lowest BCUT2D eigenvalue weighted by molar-refractivity contribution is 0.0951. The number of rotatable bonds is 4. The van der Waals surface area contributed by atoms with Crippen LogP contribution in [0.1, 0.15) is 16.1 Å². The average Bonchev–Trinajstić information content (AvgIpc) is 3.29. The third-order valence-electron chi connectivity index (χ3n) is 3.86. The summed E-state index contributed by atoms with van der Waals surface area (Å²) < 4.78 is 13.8. The molecule has 2 heterocycles. The third-order valence-corrected chi connectivity index (χ3v) is 5.23. The van der Waals surface area contributed by atoms with Gasteiger partial charge in [-0.2, -0.15) is 5.10 Å². The molecule has 0 saturated heterocycles. The number of benzene rings is 2. The molecule has 27 heavy (non-hydrogen) atoms. The standard InChI is InChI=1S/C19H12BrFN4OS/c20-12-3-6-16-14(7-12)15(9-22-16)19-24-17(10-27-19)18(26)25-23-8-11-1-4-13(21)5-2-11/h1-10,22H,(H,25,26). The first kappa shape index (κ1) is 17.6. The minimum atomic E-state index is -0.406. The summed E-state index contributed by atoms with van der Waals surface area (Å²) in [6.07, 6.45) is 3.33. The highest BCUT2D eigenvalue weighted by atomic mass is 79.9. The van der Waals surface area contributed by atoms with E-state index in [2.05, 4.69) is 36.4 Å². The zero-order valence-corrected chi connectivity index (χ0v) is 16.1. The van der Waals surface area contributed by atoms with Crippen molar-refractivity contribution in [2.75, 3.05) is 0 Å². The number of hydrogen-bond donors (Lipinski definition) is 2. The maximum atomic E-state index is 12.9. The van der Waals surface area contributed by atoms with Gasteiger partial charge in [-0.25, -0.2) is 14.8 Å². The largest absolute Gasteiger partial charge is 0.360 e. The number of nitrogens with one attached hydrogen (secondary N) is 2. The van der Waals surface area contributed by atoms with E-state index < -0.39 is 5.91 Å². The van der Waals surface area contributed by atoms with E-state index in [-0.39, 0.29) is 11.5 Å². The van der Waals surface area contributed by atoms with Gasteiger partial charge in [0, 0.05) is 32.5 Å². The number of nitrogens with zero attached hydrogens (tertiary/aromatic N) is 2. The molecule has 2 N–H and O–H groups in total. The monoisotopic (exact) mass is 442 g/mol. The molecule has 0 fully saturated rings.